The van der Waals surface area contributed by atoms with Crippen LogP contribution < -0.4 is 0 Å². The first-order chi connectivity index (χ1) is 8.49. The van der Waals surface area contributed by atoms with E-state index in [2.05, 4.69) is 29.8 Å². The van der Waals surface area contributed by atoms with E-state index >= 15 is 0 Å². The number of carbonyl (C=O) groups is 1. The summed E-state index contributed by atoms with van der Waals surface area (Å²) >= 11 is 3.19. The van der Waals surface area contributed by atoms with Crippen LogP contribution in [0.4, 0.5) is 4.39 Å². The van der Waals surface area contributed by atoms with Crippen LogP contribution in [0.2, 0.25) is 0 Å². The Morgan fingerprint density at radius 1 is 1.44 bits per heavy atom. The summed E-state index contributed by atoms with van der Waals surface area (Å²) in [4.78, 5) is 13.9. The molecule has 0 spiro atoms. The Balaban J connectivity index is 2.89. The molecule has 1 aromatic rings. The Kier molecular flexibility index (Phi) is 5.79. The zero-order chi connectivity index (χ0) is 13.7. The average molecular weight is 316 g/mol. The predicted octanol–water partition coefficient (Wildman–Crippen LogP) is 4.10. The third kappa shape index (κ3) is 3.80. The first kappa shape index (κ1) is 15.2. The second-order valence-electron chi connectivity index (χ2n) is 4.48. The van der Waals surface area contributed by atoms with E-state index in [0.717, 1.165) is 6.42 Å². The van der Waals surface area contributed by atoms with Crippen molar-refractivity contribution < 1.29 is 9.18 Å². The largest absolute Gasteiger partial charge is 0.339 e. The molecule has 1 aromatic carbocycles. The molecule has 1 amide bonds. The van der Waals surface area contributed by atoms with Gasteiger partial charge < -0.3 is 4.90 Å². The standard InChI is InChI=1S/C14H19BrFNO/c1-4-10(3)9-17(5-2)14(18)12-7-6-11(15)8-13(12)16/h6-8,10H,4-5,9H2,1-3H3. The Morgan fingerprint density at radius 3 is 2.61 bits per heavy atom. The van der Waals surface area contributed by atoms with Crippen molar-refractivity contribution in [3.8, 4) is 0 Å². The van der Waals surface area contributed by atoms with E-state index in [-0.39, 0.29) is 11.5 Å². The molecule has 0 aromatic heterocycles. The second kappa shape index (κ2) is 6.88. The first-order valence-electron chi connectivity index (χ1n) is 6.23. The molecule has 0 fully saturated rings. The van der Waals surface area contributed by atoms with Crippen molar-refractivity contribution in [2.75, 3.05) is 13.1 Å². The van der Waals surface area contributed by atoms with Crippen LogP contribution in [0.3, 0.4) is 0 Å². The maximum absolute atomic E-state index is 13.7. The zero-order valence-corrected chi connectivity index (χ0v) is 12.6. The summed E-state index contributed by atoms with van der Waals surface area (Å²) in [5, 5.41) is 0. The average Bonchev–Trinajstić information content (AvgIpc) is 2.34. The van der Waals surface area contributed by atoms with E-state index in [1.54, 1.807) is 11.0 Å². The fourth-order valence-electron chi connectivity index (χ4n) is 1.69. The SMILES string of the molecule is CCC(C)CN(CC)C(=O)c1ccc(Br)cc1F. The Bertz CT molecular complexity index is 422. The van der Waals surface area contributed by atoms with Gasteiger partial charge in [-0.15, -0.1) is 0 Å². The highest BCUT2D eigenvalue weighted by Gasteiger charge is 2.19. The highest BCUT2D eigenvalue weighted by Crippen LogP contribution is 2.17. The smallest absolute Gasteiger partial charge is 0.256 e. The van der Waals surface area contributed by atoms with E-state index < -0.39 is 5.82 Å². The summed E-state index contributed by atoms with van der Waals surface area (Å²) in [7, 11) is 0. The Labute approximate surface area is 116 Å². The minimum absolute atomic E-state index is 0.142. The van der Waals surface area contributed by atoms with Gasteiger partial charge in [0.1, 0.15) is 5.82 Å². The van der Waals surface area contributed by atoms with Gasteiger partial charge in [0.05, 0.1) is 5.56 Å². The van der Waals surface area contributed by atoms with Gasteiger partial charge in [0.15, 0.2) is 0 Å². The maximum Gasteiger partial charge on any atom is 0.256 e. The second-order valence-corrected chi connectivity index (χ2v) is 5.40. The van der Waals surface area contributed by atoms with Crippen LogP contribution in [0.15, 0.2) is 22.7 Å². The third-order valence-electron chi connectivity index (χ3n) is 3.06. The summed E-state index contributed by atoms with van der Waals surface area (Å²) in [6.45, 7) is 7.36. The summed E-state index contributed by atoms with van der Waals surface area (Å²) in [6, 6.07) is 4.54. The lowest BCUT2D eigenvalue weighted by molar-refractivity contribution is 0.0736. The number of amides is 1. The molecule has 18 heavy (non-hydrogen) atoms. The molecule has 100 valence electrons. The lowest BCUT2D eigenvalue weighted by atomic mass is 10.1. The number of benzene rings is 1. The Hall–Kier alpha value is -0.900. The van der Waals surface area contributed by atoms with Gasteiger partial charge in [0.2, 0.25) is 0 Å². The van der Waals surface area contributed by atoms with Crippen molar-refractivity contribution in [2.45, 2.75) is 27.2 Å². The van der Waals surface area contributed by atoms with Gasteiger partial charge in [0, 0.05) is 17.6 Å². The molecule has 0 saturated heterocycles. The minimum atomic E-state index is -0.475. The molecule has 1 rings (SSSR count). The van der Waals surface area contributed by atoms with Crippen molar-refractivity contribution in [2.24, 2.45) is 5.92 Å². The molecule has 0 aliphatic carbocycles. The molecular weight excluding hydrogens is 297 g/mol. The van der Waals surface area contributed by atoms with E-state index in [1.807, 2.05) is 6.92 Å². The molecule has 0 radical (unpaired) electrons. The molecule has 4 heteroatoms. The van der Waals surface area contributed by atoms with Crippen LogP contribution in [0.25, 0.3) is 0 Å². The number of rotatable bonds is 5. The topological polar surface area (TPSA) is 20.3 Å². The maximum atomic E-state index is 13.7. The van der Waals surface area contributed by atoms with Crippen molar-refractivity contribution in [3.63, 3.8) is 0 Å². The fourth-order valence-corrected chi connectivity index (χ4v) is 2.03. The van der Waals surface area contributed by atoms with Gasteiger partial charge in [-0.1, -0.05) is 36.2 Å². The lowest BCUT2D eigenvalue weighted by Crippen LogP contribution is -2.35. The number of nitrogens with zero attached hydrogens (tertiary/aromatic N) is 1. The summed E-state index contributed by atoms with van der Waals surface area (Å²) in [5.74, 6) is -0.285. The van der Waals surface area contributed by atoms with Crippen LogP contribution in [-0.4, -0.2) is 23.9 Å². The van der Waals surface area contributed by atoms with Gasteiger partial charge in [-0.25, -0.2) is 4.39 Å². The van der Waals surface area contributed by atoms with Crippen molar-refractivity contribution in [1.29, 1.82) is 0 Å². The number of halogens is 2. The highest BCUT2D eigenvalue weighted by atomic mass is 79.9. The van der Waals surface area contributed by atoms with Crippen LogP contribution in [0.1, 0.15) is 37.6 Å². The number of carbonyl (C=O) groups excluding carboxylic acids is 1. The monoisotopic (exact) mass is 315 g/mol. The molecule has 0 bridgehead atoms. The number of hydrogen-bond donors (Lipinski definition) is 0. The molecule has 0 N–H and O–H groups in total. The van der Waals surface area contributed by atoms with E-state index in [4.69, 9.17) is 0 Å². The van der Waals surface area contributed by atoms with E-state index in [9.17, 15) is 9.18 Å². The van der Waals surface area contributed by atoms with E-state index in [0.29, 0.717) is 23.5 Å². The molecule has 1 atom stereocenters. The zero-order valence-electron chi connectivity index (χ0n) is 11.0. The summed E-state index contributed by atoms with van der Waals surface area (Å²) < 4.78 is 14.4. The minimum Gasteiger partial charge on any atom is -0.339 e. The van der Waals surface area contributed by atoms with Crippen molar-refractivity contribution >= 4 is 21.8 Å². The van der Waals surface area contributed by atoms with Crippen LogP contribution in [0, 0.1) is 11.7 Å². The van der Waals surface area contributed by atoms with Gasteiger partial charge >= 0.3 is 0 Å². The molecule has 0 heterocycles. The van der Waals surface area contributed by atoms with E-state index in [1.165, 1.54) is 12.1 Å². The van der Waals surface area contributed by atoms with Gasteiger partial charge in [-0.3, -0.25) is 4.79 Å². The molecule has 2 nitrogen and oxygen atoms in total. The number of hydrogen-bond acceptors (Lipinski definition) is 1. The van der Waals surface area contributed by atoms with Crippen LogP contribution in [-0.2, 0) is 0 Å². The fraction of sp³-hybridized carbons (Fsp3) is 0.500. The van der Waals surface area contributed by atoms with Crippen molar-refractivity contribution in [3.05, 3.63) is 34.1 Å². The lowest BCUT2D eigenvalue weighted by Gasteiger charge is -2.24. The third-order valence-corrected chi connectivity index (χ3v) is 3.55. The molecule has 1 unspecified atom stereocenters. The quantitative estimate of drug-likeness (QED) is 0.801. The summed E-state index contributed by atoms with van der Waals surface area (Å²) in [6.07, 6.45) is 1.01. The highest BCUT2D eigenvalue weighted by molar-refractivity contribution is 9.10. The summed E-state index contributed by atoms with van der Waals surface area (Å²) in [5.41, 5.74) is 0.142. The molecule has 0 aliphatic heterocycles. The van der Waals surface area contributed by atoms with Crippen LogP contribution in [0.5, 0.6) is 0 Å². The molecule has 0 saturated carbocycles. The van der Waals surface area contributed by atoms with Gasteiger partial charge in [0.25, 0.3) is 5.91 Å². The van der Waals surface area contributed by atoms with Crippen LogP contribution >= 0.6 is 15.9 Å². The first-order valence-corrected chi connectivity index (χ1v) is 7.03. The molecular formula is C14H19BrFNO. The normalized spacial score (nSPS) is 12.3. The Morgan fingerprint density at radius 2 is 2.11 bits per heavy atom. The van der Waals surface area contributed by atoms with Gasteiger partial charge in [-0.2, -0.15) is 0 Å². The molecule has 0 aliphatic rings. The van der Waals surface area contributed by atoms with Crippen molar-refractivity contribution in [1.82, 2.24) is 4.90 Å². The predicted molar refractivity (Wildman–Crippen MR) is 75.1 cm³/mol. The van der Waals surface area contributed by atoms with Gasteiger partial charge in [-0.05, 0) is 31.0 Å².